The first kappa shape index (κ1) is 5.83. The Morgan fingerprint density at radius 3 is 2.43 bits per heavy atom. The van der Waals surface area contributed by atoms with Crippen molar-refractivity contribution >= 4 is 23.5 Å². The molecule has 1 aliphatic rings. The summed E-state index contributed by atoms with van der Waals surface area (Å²) in [6, 6.07) is 0. The van der Waals surface area contributed by atoms with E-state index in [0.717, 1.165) is 0 Å². The van der Waals surface area contributed by atoms with E-state index < -0.39 is 0 Å². The Balaban J connectivity index is 2.40. The zero-order chi connectivity index (χ0) is 5.33. The van der Waals surface area contributed by atoms with Gasteiger partial charge in [-0.2, -0.15) is 0 Å². The summed E-state index contributed by atoms with van der Waals surface area (Å²) in [5.74, 6) is 3.49. The molecule has 0 aromatic carbocycles. The van der Waals surface area contributed by atoms with E-state index in [9.17, 15) is 0 Å². The van der Waals surface area contributed by atoms with Crippen molar-refractivity contribution in [3.05, 3.63) is 5.75 Å². The highest BCUT2D eigenvalue weighted by atomic mass is 32.2. The monoisotopic (exact) mass is 133 g/mol. The average Bonchev–Trinajstić information content (AvgIpc) is 1.84. The van der Waals surface area contributed by atoms with Crippen LogP contribution in [0.5, 0.6) is 0 Å². The Morgan fingerprint density at radius 1 is 1.57 bits per heavy atom. The summed E-state index contributed by atoms with van der Waals surface area (Å²) in [5.41, 5.74) is 0. The minimum Gasteiger partial charge on any atom is -0.144 e. The summed E-state index contributed by atoms with van der Waals surface area (Å²) in [7, 11) is 0. The van der Waals surface area contributed by atoms with Crippen molar-refractivity contribution in [3.63, 3.8) is 0 Å². The van der Waals surface area contributed by atoms with E-state index in [0.29, 0.717) is 4.08 Å². The van der Waals surface area contributed by atoms with Crippen LogP contribution in [0.4, 0.5) is 0 Å². The van der Waals surface area contributed by atoms with Crippen LogP contribution in [-0.2, 0) is 0 Å². The van der Waals surface area contributed by atoms with Crippen molar-refractivity contribution in [3.8, 4) is 0 Å². The van der Waals surface area contributed by atoms with Crippen LogP contribution in [-0.4, -0.2) is 9.83 Å². The molecule has 0 spiro atoms. The van der Waals surface area contributed by atoms with Crippen molar-refractivity contribution < 1.29 is 0 Å². The molecule has 0 aromatic rings. The summed E-state index contributed by atoms with van der Waals surface area (Å²) in [6.45, 7) is 4.51. The summed E-state index contributed by atoms with van der Waals surface area (Å²) in [5, 5.41) is 0. The molecule has 41 valence electrons. The predicted octanol–water partition coefficient (Wildman–Crippen LogP) is 2.36. The third-order valence-electron chi connectivity index (χ3n) is 0.866. The van der Waals surface area contributed by atoms with Crippen LogP contribution in [0.1, 0.15) is 13.8 Å². The van der Waals surface area contributed by atoms with Gasteiger partial charge in [0, 0.05) is 11.5 Å². The van der Waals surface area contributed by atoms with Gasteiger partial charge in [-0.15, -0.1) is 23.5 Å². The molecule has 7 heavy (non-hydrogen) atoms. The highest BCUT2D eigenvalue weighted by molar-refractivity contribution is 8.22. The molecule has 1 radical (unpaired) electrons. The molecule has 0 amide bonds. The summed E-state index contributed by atoms with van der Waals surface area (Å²) >= 11 is 3.94. The van der Waals surface area contributed by atoms with Crippen molar-refractivity contribution in [2.24, 2.45) is 0 Å². The lowest BCUT2D eigenvalue weighted by atomic mass is 10.5. The molecular formula is C5H9S2. The van der Waals surface area contributed by atoms with Crippen LogP contribution in [0.2, 0.25) is 0 Å². The topological polar surface area (TPSA) is 0 Å². The lowest BCUT2D eigenvalue weighted by molar-refractivity contribution is 1.04. The van der Waals surface area contributed by atoms with E-state index in [2.05, 4.69) is 19.6 Å². The normalized spacial score (nSPS) is 28.3. The van der Waals surface area contributed by atoms with Crippen LogP contribution in [0.3, 0.4) is 0 Å². The van der Waals surface area contributed by atoms with Gasteiger partial charge in [0.25, 0.3) is 0 Å². The first-order valence-electron chi connectivity index (χ1n) is 2.34. The zero-order valence-electron chi connectivity index (χ0n) is 4.60. The van der Waals surface area contributed by atoms with E-state index in [1.54, 1.807) is 0 Å². The molecule has 0 bridgehead atoms. The fourth-order valence-corrected chi connectivity index (χ4v) is 2.53. The van der Waals surface area contributed by atoms with E-state index in [1.807, 2.05) is 23.5 Å². The predicted molar refractivity (Wildman–Crippen MR) is 38.4 cm³/mol. The van der Waals surface area contributed by atoms with Crippen molar-refractivity contribution in [2.75, 3.05) is 5.75 Å². The van der Waals surface area contributed by atoms with Crippen molar-refractivity contribution in [2.45, 2.75) is 17.9 Å². The number of rotatable bonds is 0. The highest BCUT2D eigenvalue weighted by Crippen LogP contribution is 2.45. The first-order chi connectivity index (χ1) is 3.21. The Bertz CT molecular complexity index is 60.5. The smallest absolute Gasteiger partial charge is 0.0558 e. The quantitative estimate of drug-likeness (QED) is 0.497. The van der Waals surface area contributed by atoms with E-state index in [1.165, 1.54) is 5.75 Å². The minimum absolute atomic E-state index is 0.472. The largest absolute Gasteiger partial charge is 0.144 e. The standard InChI is InChI=1S/C5H9S2/c1-5(2)6-3-4-7-5/h3H,4H2,1-2H3. The van der Waals surface area contributed by atoms with Gasteiger partial charge in [0.15, 0.2) is 0 Å². The van der Waals surface area contributed by atoms with Crippen LogP contribution >= 0.6 is 23.5 Å². The lowest BCUT2D eigenvalue weighted by Crippen LogP contribution is -2.00. The lowest BCUT2D eigenvalue weighted by Gasteiger charge is -2.11. The van der Waals surface area contributed by atoms with Gasteiger partial charge in [0.2, 0.25) is 0 Å². The van der Waals surface area contributed by atoms with Crippen LogP contribution < -0.4 is 0 Å². The molecule has 1 rings (SSSR count). The summed E-state index contributed by atoms with van der Waals surface area (Å²) in [6.07, 6.45) is 0. The van der Waals surface area contributed by atoms with Gasteiger partial charge in [-0.1, -0.05) is 0 Å². The molecule has 2 heteroatoms. The fourth-order valence-electron chi connectivity index (χ4n) is 0.503. The van der Waals surface area contributed by atoms with Gasteiger partial charge in [0.1, 0.15) is 0 Å². The summed E-state index contributed by atoms with van der Waals surface area (Å²) in [4.78, 5) is 0. The second kappa shape index (κ2) is 1.90. The molecule has 1 aliphatic heterocycles. The third-order valence-corrected chi connectivity index (χ3v) is 3.65. The van der Waals surface area contributed by atoms with Crippen LogP contribution in [0.15, 0.2) is 0 Å². The molecule has 1 saturated heterocycles. The molecule has 0 saturated carbocycles. The van der Waals surface area contributed by atoms with Gasteiger partial charge in [-0.3, -0.25) is 0 Å². The van der Waals surface area contributed by atoms with Gasteiger partial charge in [-0.05, 0) is 13.8 Å². The molecule has 1 fully saturated rings. The minimum atomic E-state index is 0.472. The van der Waals surface area contributed by atoms with Gasteiger partial charge in [0.05, 0.1) is 4.08 Å². The number of hydrogen-bond donors (Lipinski definition) is 0. The van der Waals surface area contributed by atoms with Gasteiger partial charge >= 0.3 is 0 Å². The van der Waals surface area contributed by atoms with Gasteiger partial charge < -0.3 is 0 Å². The van der Waals surface area contributed by atoms with E-state index in [-0.39, 0.29) is 0 Å². The maximum absolute atomic E-state index is 2.27. The highest BCUT2D eigenvalue weighted by Gasteiger charge is 2.23. The Labute approximate surface area is 53.4 Å². The zero-order valence-corrected chi connectivity index (χ0v) is 6.23. The Hall–Kier alpha value is 0.700. The van der Waals surface area contributed by atoms with Crippen LogP contribution in [0.25, 0.3) is 0 Å². The second-order valence-corrected chi connectivity index (χ2v) is 5.49. The number of hydrogen-bond acceptors (Lipinski definition) is 2. The molecule has 0 N–H and O–H groups in total. The Kier molecular flexibility index (Phi) is 1.58. The summed E-state index contributed by atoms with van der Waals surface area (Å²) < 4.78 is 0.472. The van der Waals surface area contributed by atoms with E-state index in [4.69, 9.17) is 0 Å². The molecule has 1 heterocycles. The maximum Gasteiger partial charge on any atom is 0.0558 e. The molecular weight excluding hydrogens is 124 g/mol. The second-order valence-electron chi connectivity index (χ2n) is 2.00. The average molecular weight is 133 g/mol. The SMILES string of the molecule is CC1(C)S[CH]CS1. The molecule has 0 nitrogen and oxygen atoms in total. The van der Waals surface area contributed by atoms with Crippen molar-refractivity contribution in [1.29, 1.82) is 0 Å². The van der Waals surface area contributed by atoms with Gasteiger partial charge in [-0.25, -0.2) is 0 Å². The molecule has 0 aromatic heterocycles. The first-order valence-corrected chi connectivity index (χ1v) is 4.21. The molecule has 0 aliphatic carbocycles. The third kappa shape index (κ3) is 1.57. The van der Waals surface area contributed by atoms with Crippen molar-refractivity contribution in [1.82, 2.24) is 0 Å². The molecule has 0 atom stereocenters. The van der Waals surface area contributed by atoms with E-state index >= 15 is 0 Å². The fraction of sp³-hybridized carbons (Fsp3) is 0.800. The maximum atomic E-state index is 2.27. The number of thioether (sulfide) groups is 2. The van der Waals surface area contributed by atoms with Crippen LogP contribution in [0, 0.1) is 5.75 Å². The molecule has 0 unspecified atom stereocenters. The Morgan fingerprint density at radius 2 is 2.29 bits per heavy atom.